The van der Waals surface area contributed by atoms with Crippen molar-refractivity contribution >= 4 is 23.2 Å². The molecule has 1 spiro atoms. The van der Waals surface area contributed by atoms with Crippen molar-refractivity contribution in [3.05, 3.63) is 36.4 Å². The van der Waals surface area contributed by atoms with E-state index in [4.69, 9.17) is 18.9 Å². The van der Waals surface area contributed by atoms with E-state index in [2.05, 4.69) is 5.32 Å². The molecule has 3 aliphatic heterocycles. The van der Waals surface area contributed by atoms with Crippen LogP contribution in [0.15, 0.2) is 36.4 Å². The van der Waals surface area contributed by atoms with Crippen molar-refractivity contribution in [2.75, 3.05) is 30.0 Å². The van der Waals surface area contributed by atoms with Crippen LogP contribution in [0.4, 0.5) is 11.4 Å². The Morgan fingerprint density at radius 3 is 2.52 bits per heavy atom. The standard InChI is InChI=1S/C25H26N2O6/c28-23-12-16(15-27(23)18-5-7-19-21(14-18)31-11-10-30-19)24(29)26-17-4-6-20-22(13-17)33-25(32-20)8-2-1-3-9-25/h4-7,13-14,16H,1-3,8-12,15H2,(H,26,29)/t16-/m0/s1. The van der Waals surface area contributed by atoms with Gasteiger partial charge in [-0.1, -0.05) is 6.42 Å². The number of hydrogen-bond donors (Lipinski definition) is 1. The highest BCUT2D eigenvalue weighted by Crippen LogP contribution is 2.46. The first-order valence-corrected chi connectivity index (χ1v) is 11.6. The predicted molar refractivity (Wildman–Crippen MR) is 120 cm³/mol. The van der Waals surface area contributed by atoms with Crippen LogP contribution in [0.5, 0.6) is 23.0 Å². The van der Waals surface area contributed by atoms with Crippen molar-refractivity contribution in [1.82, 2.24) is 0 Å². The van der Waals surface area contributed by atoms with Gasteiger partial charge in [0.25, 0.3) is 5.79 Å². The molecule has 0 unspecified atom stereocenters. The lowest BCUT2D eigenvalue weighted by Gasteiger charge is -2.31. The van der Waals surface area contributed by atoms with Crippen LogP contribution in [0.2, 0.25) is 0 Å². The summed E-state index contributed by atoms with van der Waals surface area (Å²) >= 11 is 0. The van der Waals surface area contributed by atoms with E-state index in [0.717, 1.165) is 31.4 Å². The minimum Gasteiger partial charge on any atom is -0.486 e. The van der Waals surface area contributed by atoms with Crippen LogP contribution in [-0.4, -0.2) is 37.4 Å². The lowest BCUT2D eigenvalue weighted by molar-refractivity contribution is -0.122. The molecule has 2 aromatic carbocycles. The monoisotopic (exact) mass is 450 g/mol. The Morgan fingerprint density at radius 2 is 1.67 bits per heavy atom. The third-order valence-electron chi connectivity index (χ3n) is 6.75. The highest BCUT2D eigenvalue weighted by Gasteiger charge is 2.42. The van der Waals surface area contributed by atoms with Crippen LogP contribution < -0.4 is 29.2 Å². The van der Waals surface area contributed by atoms with Gasteiger partial charge >= 0.3 is 0 Å². The van der Waals surface area contributed by atoms with Crippen LogP contribution in [0.3, 0.4) is 0 Å². The van der Waals surface area contributed by atoms with E-state index in [1.54, 1.807) is 17.0 Å². The normalized spacial score (nSPS) is 22.5. The summed E-state index contributed by atoms with van der Waals surface area (Å²) in [5, 5.41) is 2.95. The Morgan fingerprint density at radius 1 is 0.909 bits per heavy atom. The van der Waals surface area contributed by atoms with Gasteiger partial charge in [-0.3, -0.25) is 9.59 Å². The zero-order valence-electron chi connectivity index (χ0n) is 18.3. The van der Waals surface area contributed by atoms with Crippen LogP contribution in [0.25, 0.3) is 0 Å². The second kappa shape index (κ2) is 7.86. The van der Waals surface area contributed by atoms with Crippen LogP contribution in [-0.2, 0) is 9.59 Å². The maximum atomic E-state index is 13.0. The Hall–Kier alpha value is -3.42. The van der Waals surface area contributed by atoms with Gasteiger partial charge in [-0.25, -0.2) is 0 Å². The third kappa shape index (κ3) is 3.73. The first-order valence-electron chi connectivity index (χ1n) is 11.6. The number of nitrogens with one attached hydrogen (secondary N) is 1. The zero-order chi connectivity index (χ0) is 22.4. The highest BCUT2D eigenvalue weighted by atomic mass is 16.7. The van der Waals surface area contributed by atoms with Crippen molar-refractivity contribution in [3.63, 3.8) is 0 Å². The van der Waals surface area contributed by atoms with Gasteiger partial charge in [0.15, 0.2) is 23.0 Å². The van der Waals surface area contributed by atoms with Crippen molar-refractivity contribution in [3.8, 4) is 23.0 Å². The molecule has 4 aliphatic rings. The van der Waals surface area contributed by atoms with E-state index < -0.39 is 11.7 Å². The molecular formula is C25H26N2O6. The Labute approximate surface area is 191 Å². The lowest BCUT2D eigenvalue weighted by Crippen LogP contribution is -2.40. The molecule has 8 heteroatoms. The molecule has 0 aromatic heterocycles. The minimum atomic E-state index is -0.550. The first kappa shape index (κ1) is 20.2. The average Bonchev–Trinajstić information content (AvgIpc) is 3.39. The number of hydrogen-bond acceptors (Lipinski definition) is 6. The zero-order valence-corrected chi connectivity index (χ0v) is 18.3. The molecule has 3 heterocycles. The third-order valence-corrected chi connectivity index (χ3v) is 6.75. The number of benzene rings is 2. The van der Waals surface area contributed by atoms with Gasteiger partial charge in [-0.15, -0.1) is 0 Å². The van der Waals surface area contributed by atoms with E-state index >= 15 is 0 Å². The Balaban J connectivity index is 1.13. The highest BCUT2D eigenvalue weighted by molar-refractivity contribution is 6.03. The molecule has 1 aliphatic carbocycles. The summed E-state index contributed by atoms with van der Waals surface area (Å²) in [4.78, 5) is 27.3. The largest absolute Gasteiger partial charge is 0.486 e. The summed E-state index contributed by atoms with van der Waals surface area (Å²) in [6.45, 7) is 1.31. The molecule has 0 radical (unpaired) electrons. The summed E-state index contributed by atoms with van der Waals surface area (Å²) in [5.74, 6) is 1.41. The molecule has 1 saturated heterocycles. The molecular weight excluding hydrogens is 424 g/mol. The molecule has 2 aromatic rings. The van der Waals surface area contributed by atoms with Gasteiger partial charge < -0.3 is 29.2 Å². The Kier molecular flexibility index (Phi) is 4.81. The number of ether oxygens (including phenoxy) is 4. The fourth-order valence-electron chi connectivity index (χ4n) is 5.04. The van der Waals surface area contributed by atoms with Gasteiger partial charge in [0.05, 0.1) is 5.92 Å². The van der Waals surface area contributed by atoms with Crippen molar-refractivity contribution in [2.45, 2.75) is 44.3 Å². The maximum absolute atomic E-state index is 13.0. The van der Waals surface area contributed by atoms with Crippen molar-refractivity contribution < 1.29 is 28.5 Å². The summed E-state index contributed by atoms with van der Waals surface area (Å²) in [6.07, 6.45) is 5.30. The second-order valence-corrected chi connectivity index (χ2v) is 9.06. The smallest absolute Gasteiger partial charge is 0.251 e. The van der Waals surface area contributed by atoms with Gasteiger partial charge in [0.2, 0.25) is 11.8 Å². The van der Waals surface area contributed by atoms with Gasteiger partial charge in [-0.05, 0) is 37.1 Å². The number of amides is 2. The fraction of sp³-hybridized carbons (Fsp3) is 0.440. The molecule has 172 valence electrons. The minimum absolute atomic E-state index is 0.0863. The molecule has 8 nitrogen and oxygen atoms in total. The average molecular weight is 450 g/mol. The van der Waals surface area contributed by atoms with E-state index in [1.165, 1.54) is 6.42 Å². The lowest BCUT2D eigenvalue weighted by atomic mass is 9.94. The number of carbonyl (C=O) groups excluding carboxylic acids is 2. The van der Waals surface area contributed by atoms with E-state index in [1.807, 2.05) is 24.3 Å². The number of carbonyl (C=O) groups is 2. The molecule has 6 rings (SSSR count). The SMILES string of the molecule is O=C(Nc1ccc2c(c1)OC1(CCCCC1)O2)[C@H]1CC(=O)N(c2ccc3c(c2)OCCO3)C1. The van der Waals surface area contributed by atoms with Crippen LogP contribution >= 0.6 is 0 Å². The summed E-state index contributed by atoms with van der Waals surface area (Å²) in [7, 11) is 0. The molecule has 1 N–H and O–H groups in total. The topological polar surface area (TPSA) is 86.3 Å². The quantitative estimate of drug-likeness (QED) is 0.764. The predicted octanol–water partition coefficient (Wildman–Crippen LogP) is 3.88. The molecule has 2 fully saturated rings. The van der Waals surface area contributed by atoms with Gasteiger partial charge in [0.1, 0.15) is 13.2 Å². The Bertz CT molecular complexity index is 1110. The van der Waals surface area contributed by atoms with Crippen LogP contribution in [0.1, 0.15) is 38.5 Å². The van der Waals surface area contributed by atoms with E-state index in [-0.39, 0.29) is 18.2 Å². The summed E-state index contributed by atoms with van der Waals surface area (Å²) < 4.78 is 23.4. The van der Waals surface area contributed by atoms with Crippen molar-refractivity contribution in [2.24, 2.45) is 5.92 Å². The molecule has 2 amide bonds. The summed E-state index contributed by atoms with van der Waals surface area (Å²) in [6, 6.07) is 10.9. The number of rotatable bonds is 3. The summed E-state index contributed by atoms with van der Waals surface area (Å²) in [5.41, 5.74) is 1.35. The van der Waals surface area contributed by atoms with E-state index in [0.29, 0.717) is 48.4 Å². The molecule has 33 heavy (non-hydrogen) atoms. The maximum Gasteiger partial charge on any atom is 0.251 e. The fourth-order valence-corrected chi connectivity index (χ4v) is 5.04. The molecule has 1 saturated carbocycles. The van der Waals surface area contributed by atoms with Gasteiger partial charge in [-0.2, -0.15) is 0 Å². The molecule has 1 atom stereocenters. The second-order valence-electron chi connectivity index (χ2n) is 9.06. The number of nitrogens with zero attached hydrogens (tertiary/aromatic N) is 1. The number of anilines is 2. The van der Waals surface area contributed by atoms with E-state index in [9.17, 15) is 9.59 Å². The number of fused-ring (bicyclic) bond motifs is 2. The van der Waals surface area contributed by atoms with Gasteiger partial charge in [0, 0.05) is 49.3 Å². The van der Waals surface area contributed by atoms with Crippen LogP contribution in [0, 0.1) is 5.92 Å². The van der Waals surface area contributed by atoms with Crippen molar-refractivity contribution in [1.29, 1.82) is 0 Å². The molecule has 0 bridgehead atoms. The first-order chi connectivity index (χ1) is 16.1.